The van der Waals surface area contributed by atoms with Gasteiger partial charge in [-0.05, 0) is 61.9 Å². The zero-order valence-electron chi connectivity index (χ0n) is 13.0. The van der Waals surface area contributed by atoms with Crippen molar-refractivity contribution in [2.24, 2.45) is 0 Å². The number of carbonyl (C=O) groups excluding carboxylic acids is 1. The smallest absolute Gasteiger partial charge is 0.303 e. The number of hydrogen-bond acceptors (Lipinski definition) is 1. The van der Waals surface area contributed by atoms with Gasteiger partial charge in [-0.1, -0.05) is 33.9 Å². The van der Waals surface area contributed by atoms with Gasteiger partial charge in [0.15, 0.2) is 0 Å². The summed E-state index contributed by atoms with van der Waals surface area (Å²) in [6, 6.07) is 0. The maximum absolute atomic E-state index is 10.9. The molecule has 0 unspecified atom stereocenters. The Hall–Kier alpha value is 0.406. The largest absolute Gasteiger partial charge is 2.00 e. The molecule has 0 aliphatic heterocycles. The van der Waals surface area contributed by atoms with E-state index in [2.05, 4.69) is 40.3 Å². The average molecular weight is 328 g/mol. The second-order valence-corrected chi connectivity index (χ2v) is 11.6. The third-order valence-electron chi connectivity index (χ3n) is 4.08. The van der Waals surface area contributed by atoms with E-state index in [-0.39, 0.29) is 17.1 Å². The van der Waals surface area contributed by atoms with Crippen molar-refractivity contribution in [3.05, 3.63) is 62.8 Å². The van der Waals surface area contributed by atoms with Crippen molar-refractivity contribution in [2.75, 3.05) is 0 Å². The number of aldehydes is 1. The van der Waals surface area contributed by atoms with Crippen molar-refractivity contribution in [3.63, 3.8) is 0 Å². The van der Waals surface area contributed by atoms with Crippen LogP contribution in [0.15, 0.2) is 0 Å². The second kappa shape index (κ2) is 8.75. The Balaban J connectivity index is 0.000000507. The van der Waals surface area contributed by atoms with Gasteiger partial charge in [0, 0.05) is 5.92 Å². The molecular weight excluding hydrogens is 304 g/mol. The minimum Gasteiger partial charge on any atom is -0.303 e. The third-order valence-corrected chi connectivity index (χ3v) is 9.63. The summed E-state index contributed by atoms with van der Waals surface area (Å²) in [6.45, 7) is 11.5. The third kappa shape index (κ3) is 5.31. The molecule has 0 aromatic carbocycles. The Morgan fingerprint density at radius 2 is 1.35 bits per heavy atom. The van der Waals surface area contributed by atoms with Crippen LogP contribution in [0.3, 0.4) is 0 Å². The first-order valence-electron chi connectivity index (χ1n) is 6.69. The Kier molecular flexibility index (Phi) is 8.93. The predicted molar refractivity (Wildman–Crippen MR) is 84.1 cm³/mol. The van der Waals surface area contributed by atoms with Gasteiger partial charge in [0.2, 0.25) is 0 Å². The fourth-order valence-electron chi connectivity index (χ4n) is 1.83. The molecule has 0 spiro atoms. The molecule has 2 rings (SSSR count). The van der Waals surface area contributed by atoms with Crippen LogP contribution in [0.4, 0.5) is 0 Å². The number of carbonyl (C=O) groups is 1. The van der Waals surface area contributed by atoms with Crippen LogP contribution in [0.2, 0.25) is 18.1 Å². The molecule has 20 heavy (non-hydrogen) atoms. The molecule has 2 aliphatic carbocycles. The van der Waals surface area contributed by atoms with Gasteiger partial charge in [0.25, 0.3) is 0 Å². The number of hydrogen-bond donors (Lipinski definition) is 0. The first-order chi connectivity index (χ1) is 8.80. The Labute approximate surface area is 138 Å². The zero-order chi connectivity index (χ0) is 14.5. The summed E-state index contributed by atoms with van der Waals surface area (Å²) in [5.74, 6) is 0.886. The summed E-state index contributed by atoms with van der Waals surface area (Å²) in [4.78, 5) is 10.9. The van der Waals surface area contributed by atoms with Gasteiger partial charge in [0.05, 0.1) is 8.07 Å². The molecule has 2 fully saturated rings. The molecule has 0 amide bonds. The van der Waals surface area contributed by atoms with E-state index in [1.807, 2.05) is 44.9 Å². The van der Waals surface area contributed by atoms with E-state index in [0.717, 1.165) is 12.2 Å². The average Bonchev–Trinajstić information content (AvgIpc) is 3.02. The Morgan fingerprint density at radius 3 is 1.70 bits per heavy atom. The van der Waals surface area contributed by atoms with Crippen molar-refractivity contribution >= 4 is 14.4 Å². The van der Waals surface area contributed by atoms with Crippen molar-refractivity contribution in [1.82, 2.24) is 0 Å². The standard InChI is InChI=1S/C12H19OSi.C5H5.Fe/c1-12(2,3)14(4,5)11-8-6-7-10(11)9-13;1-2-4-5-3-1;/h6-9H,1-5H3;1-5H;/q;;+2. The summed E-state index contributed by atoms with van der Waals surface area (Å²) in [6.07, 6.45) is 17.0. The normalized spacial score (nSPS) is 21.1. The van der Waals surface area contributed by atoms with Gasteiger partial charge in [-0.15, -0.1) is 0 Å². The maximum atomic E-state index is 10.9. The molecular formula is C17H24FeOSi+2. The molecule has 0 atom stereocenters. The predicted octanol–water partition coefficient (Wildman–Crippen LogP) is 4.03. The molecule has 0 aromatic rings. The fraction of sp³-hybridized carbons (Fsp3) is 0.353. The van der Waals surface area contributed by atoms with Gasteiger partial charge in [0.1, 0.15) is 6.29 Å². The van der Waals surface area contributed by atoms with Crippen LogP contribution in [-0.2, 0) is 21.9 Å². The SMILES string of the molecule is CC(C)(C)[Si](C)(C)[C]1[CH][CH][CH][C]1C=O.[CH]1[CH][CH][CH][CH]1.[Fe+2]. The van der Waals surface area contributed by atoms with E-state index in [1.54, 1.807) is 0 Å². The topological polar surface area (TPSA) is 17.1 Å². The Morgan fingerprint density at radius 1 is 0.900 bits per heavy atom. The number of rotatable bonds is 2. The zero-order valence-corrected chi connectivity index (χ0v) is 15.1. The van der Waals surface area contributed by atoms with Crippen molar-refractivity contribution in [1.29, 1.82) is 0 Å². The van der Waals surface area contributed by atoms with E-state index in [4.69, 9.17) is 0 Å². The monoisotopic (exact) mass is 328 g/mol. The van der Waals surface area contributed by atoms with E-state index < -0.39 is 8.07 Å². The second-order valence-electron chi connectivity index (χ2n) is 6.35. The van der Waals surface area contributed by atoms with Crippen LogP contribution in [0, 0.1) is 62.8 Å². The van der Waals surface area contributed by atoms with Gasteiger partial charge < -0.3 is 4.79 Å². The van der Waals surface area contributed by atoms with Crippen molar-refractivity contribution < 1.29 is 21.9 Å². The van der Waals surface area contributed by atoms with Gasteiger partial charge in [-0.25, -0.2) is 0 Å². The molecule has 108 valence electrons. The van der Waals surface area contributed by atoms with Crippen LogP contribution >= 0.6 is 0 Å². The minimum atomic E-state index is -1.53. The summed E-state index contributed by atoms with van der Waals surface area (Å²) in [7, 11) is -1.53. The van der Waals surface area contributed by atoms with Crippen LogP contribution in [0.5, 0.6) is 0 Å². The van der Waals surface area contributed by atoms with Crippen molar-refractivity contribution in [2.45, 2.75) is 38.9 Å². The van der Waals surface area contributed by atoms with Gasteiger partial charge in [-0.2, -0.15) is 0 Å². The van der Waals surface area contributed by atoms with E-state index in [0.29, 0.717) is 5.04 Å². The Bertz CT molecular complexity index is 272. The van der Waals surface area contributed by atoms with E-state index in [9.17, 15) is 4.79 Å². The molecule has 2 saturated carbocycles. The van der Waals surface area contributed by atoms with Crippen LogP contribution < -0.4 is 0 Å². The quantitative estimate of drug-likeness (QED) is 0.552. The maximum Gasteiger partial charge on any atom is 2.00 e. The molecule has 3 heteroatoms. The molecule has 0 saturated heterocycles. The molecule has 1 nitrogen and oxygen atoms in total. The van der Waals surface area contributed by atoms with E-state index >= 15 is 0 Å². The fourth-order valence-corrected chi connectivity index (χ4v) is 4.02. The van der Waals surface area contributed by atoms with Gasteiger partial charge >= 0.3 is 17.1 Å². The van der Waals surface area contributed by atoms with Gasteiger partial charge in [-0.3, -0.25) is 0 Å². The summed E-state index contributed by atoms with van der Waals surface area (Å²) < 4.78 is 0. The van der Waals surface area contributed by atoms with E-state index in [1.165, 1.54) is 5.54 Å². The first kappa shape index (κ1) is 20.4. The van der Waals surface area contributed by atoms with Crippen LogP contribution in [0.25, 0.3) is 0 Å². The molecule has 0 bridgehead atoms. The van der Waals surface area contributed by atoms with Crippen LogP contribution in [0.1, 0.15) is 20.8 Å². The molecule has 0 N–H and O–H groups in total. The molecule has 0 heterocycles. The summed E-state index contributed by atoms with van der Waals surface area (Å²) in [5, 5.41) is 0.291. The summed E-state index contributed by atoms with van der Waals surface area (Å²) in [5.41, 5.74) is 1.29. The van der Waals surface area contributed by atoms with Crippen LogP contribution in [-0.4, -0.2) is 14.4 Å². The summed E-state index contributed by atoms with van der Waals surface area (Å²) >= 11 is 0. The molecule has 2 aliphatic rings. The van der Waals surface area contributed by atoms with Crippen molar-refractivity contribution in [3.8, 4) is 0 Å². The molecule has 0 aromatic heterocycles. The minimum absolute atomic E-state index is 0. The molecule has 10 radical (unpaired) electrons. The first-order valence-corrected chi connectivity index (χ1v) is 9.69.